The monoisotopic (exact) mass is 252 g/mol. The van der Waals surface area contributed by atoms with Crippen molar-refractivity contribution >= 4 is 11.8 Å². The van der Waals surface area contributed by atoms with E-state index >= 15 is 0 Å². The molecule has 1 aliphatic heterocycles. The minimum atomic E-state index is -0.503. The summed E-state index contributed by atoms with van der Waals surface area (Å²) in [5, 5.41) is 12.0. The molecular formula is C10H16N6O2. The SMILES string of the molecule is CCNC(=O)C1CNCCN1C(=O)c1ncn[nH]1. The zero-order valence-electron chi connectivity index (χ0n) is 10.1. The molecule has 0 radical (unpaired) electrons. The Labute approximate surface area is 104 Å². The van der Waals surface area contributed by atoms with Crippen LogP contribution in [0.2, 0.25) is 0 Å². The number of nitrogens with one attached hydrogen (secondary N) is 3. The maximum Gasteiger partial charge on any atom is 0.291 e. The second kappa shape index (κ2) is 5.58. The van der Waals surface area contributed by atoms with E-state index in [1.54, 1.807) is 0 Å². The lowest BCUT2D eigenvalue weighted by Crippen LogP contribution is -2.59. The highest BCUT2D eigenvalue weighted by atomic mass is 16.2. The Morgan fingerprint density at radius 3 is 3.11 bits per heavy atom. The van der Waals surface area contributed by atoms with Crippen LogP contribution in [0.1, 0.15) is 17.5 Å². The third-order valence-corrected chi connectivity index (χ3v) is 2.78. The zero-order valence-corrected chi connectivity index (χ0v) is 10.1. The number of aromatic amines is 1. The second-order valence-corrected chi connectivity index (χ2v) is 3.95. The molecule has 1 saturated heterocycles. The molecule has 3 N–H and O–H groups in total. The molecule has 0 spiro atoms. The van der Waals surface area contributed by atoms with Gasteiger partial charge in [-0.25, -0.2) is 4.98 Å². The number of aromatic nitrogens is 3. The van der Waals surface area contributed by atoms with Gasteiger partial charge < -0.3 is 15.5 Å². The van der Waals surface area contributed by atoms with E-state index in [4.69, 9.17) is 0 Å². The van der Waals surface area contributed by atoms with Crippen LogP contribution in [0, 0.1) is 0 Å². The Hall–Kier alpha value is -1.96. The van der Waals surface area contributed by atoms with Gasteiger partial charge in [-0.3, -0.25) is 14.7 Å². The van der Waals surface area contributed by atoms with Crippen LogP contribution >= 0.6 is 0 Å². The predicted octanol–water partition coefficient (Wildman–Crippen LogP) is -1.65. The van der Waals surface area contributed by atoms with Crippen molar-refractivity contribution in [1.29, 1.82) is 0 Å². The van der Waals surface area contributed by atoms with Gasteiger partial charge in [0.05, 0.1) is 0 Å². The Kier molecular flexibility index (Phi) is 3.88. The molecule has 2 heterocycles. The van der Waals surface area contributed by atoms with Gasteiger partial charge >= 0.3 is 0 Å². The van der Waals surface area contributed by atoms with Crippen molar-refractivity contribution in [3.63, 3.8) is 0 Å². The first kappa shape index (κ1) is 12.5. The van der Waals surface area contributed by atoms with Gasteiger partial charge in [-0.2, -0.15) is 5.10 Å². The van der Waals surface area contributed by atoms with Crippen molar-refractivity contribution < 1.29 is 9.59 Å². The fraction of sp³-hybridized carbons (Fsp3) is 0.600. The van der Waals surface area contributed by atoms with Gasteiger partial charge in [0, 0.05) is 26.2 Å². The Balaban J connectivity index is 2.12. The van der Waals surface area contributed by atoms with Crippen molar-refractivity contribution in [3.05, 3.63) is 12.2 Å². The fourth-order valence-electron chi connectivity index (χ4n) is 1.92. The molecule has 0 saturated carbocycles. The lowest BCUT2D eigenvalue weighted by atomic mass is 10.1. The summed E-state index contributed by atoms with van der Waals surface area (Å²) in [5.41, 5.74) is 0. The first-order valence-electron chi connectivity index (χ1n) is 5.88. The maximum absolute atomic E-state index is 12.2. The number of hydrogen-bond donors (Lipinski definition) is 3. The van der Waals surface area contributed by atoms with E-state index in [0.717, 1.165) is 0 Å². The Morgan fingerprint density at radius 1 is 1.61 bits per heavy atom. The van der Waals surface area contributed by atoms with E-state index in [0.29, 0.717) is 26.2 Å². The molecule has 1 unspecified atom stereocenters. The van der Waals surface area contributed by atoms with Crippen LogP contribution in [-0.4, -0.2) is 64.1 Å². The summed E-state index contributed by atoms with van der Waals surface area (Å²) in [6, 6.07) is -0.503. The number of amides is 2. The molecule has 0 aliphatic carbocycles. The molecule has 1 fully saturated rings. The summed E-state index contributed by atoms with van der Waals surface area (Å²) in [5.74, 6) is -0.297. The van der Waals surface area contributed by atoms with Crippen LogP contribution in [0.25, 0.3) is 0 Å². The van der Waals surface area contributed by atoms with E-state index in [-0.39, 0.29) is 17.6 Å². The van der Waals surface area contributed by atoms with Crippen LogP contribution in [0.15, 0.2) is 6.33 Å². The van der Waals surface area contributed by atoms with Crippen LogP contribution in [0.5, 0.6) is 0 Å². The van der Waals surface area contributed by atoms with Gasteiger partial charge in [0.2, 0.25) is 11.7 Å². The van der Waals surface area contributed by atoms with Crippen molar-refractivity contribution in [3.8, 4) is 0 Å². The topological polar surface area (TPSA) is 103 Å². The van der Waals surface area contributed by atoms with E-state index in [9.17, 15) is 9.59 Å². The van der Waals surface area contributed by atoms with Crippen molar-refractivity contribution in [2.75, 3.05) is 26.2 Å². The number of carbonyl (C=O) groups is 2. The zero-order chi connectivity index (χ0) is 13.0. The second-order valence-electron chi connectivity index (χ2n) is 3.95. The van der Waals surface area contributed by atoms with Crippen LogP contribution in [-0.2, 0) is 4.79 Å². The number of piperazine rings is 1. The van der Waals surface area contributed by atoms with Gasteiger partial charge in [-0.1, -0.05) is 0 Å². The van der Waals surface area contributed by atoms with Crippen molar-refractivity contribution in [2.45, 2.75) is 13.0 Å². The molecule has 1 atom stereocenters. The van der Waals surface area contributed by atoms with Gasteiger partial charge in [-0.15, -0.1) is 0 Å². The quantitative estimate of drug-likeness (QED) is 0.598. The molecule has 98 valence electrons. The third kappa shape index (κ3) is 2.48. The van der Waals surface area contributed by atoms with Gasteiger partial charge in [0.1, 0.15) is 12.4 Å². The minimum absolute atomic E-state index is 0.155. The molecule has 1 aromatic heterocycles. The molecule has 2 amide bonds. The predicted molar refractivity (Wildman–Crippen MR) is 62.8 cm³/mol. The Morgan fingerprint density at radius 2 is 2.44 bits per heavy atom. The Bertz CT molecular complexity index is 418. The fourth-order valence-corrected chi connectivity index (χ4v) is 1.92. The van der Waals surface area contributed by atoms with Gasteiger partial charge in [0.15, 0.2) is 0 Å². The average Bonchev–Trinajstić information content (AvgIpc) is 2.92. The molecule has 0 aromatic carbocycles. The first-order valence-corrected chi connectivity index (χ1v) is 5.88. The third-order valence-electron chi connectivity index (χ3n) is 2.78. The lowest BCUT2D eigenvalue weighted by molar-refractivity contribution is -0.126. The normalized spacial score (nSPS) is 19.6. The summed E-state index contributed by atoms with van der Waals surface area (Å²) >= 11 is 0. The molecule has 8 nitrogen and oxygen atoms in total. The minimum Gasteiger partial charge on any atom is -0.355 e. The number of nitrogens with zero attached hydrogens (tertiary/aromatic N) is 3. The summed E-state index contributed by atoms with van der Waals surface area (Å²) in [6.07, 6.45) is 1.27. The molecule has 8 heteroatoms. The highest BCUT2D eigenvalue weighted by molar-refractivity contribution is 5.95. The summed E-state index contributed by atoms with van der Waals surface area (Å²) < 4.78 is 0. The highest BCUT2D eigenvalue weighted by Crippen LogP contribution is 2.07. The molecular weight excluding hydrogens is 236 g/mol. The summed E-state index contributed by atoms with van der Waals surface area (Å²) in [7, 11) is 0. The van der Waals surface area contributed by atoms with Crippen LogP contribution < -0.4 is 10.6 Å². The number of likely N-dealkylation sites (N-methyl/N-ethyl adjacent to an activating group) is 1. The first-order chi connectivity index (χ1) is 8.74. The lowest BCUT2D eigenvalue weighted by Gasteiger charge is -2.34. The molecule has 1 aromatic rings. The largest absolute Gasteiger partial charge is 0.355 e. The smallest absolute Gasteiger partial charge is 0.291 e. The molecule has 0 bridgehead atoms. The van der Waals surface area contributed by atoms with E-state index in [1.165, 1.54) is 11.2 Å². The summed E-state index contributed by atoms with van der Waals surface area (Å²) in [6.45, 7) is 3.97. The molecule has 2 rings (SSSR count). The van der Waals surface area contributed by atoms with Gasteiger partial charge in [0.25, 0.3) is 5.91 Å². The van der Waals surface area contributed by atoms with E-state index in [2.05, 4.69) is 25.8 Å². The average molecular weight is 252 g/mol. The van der Waals surface area contributed by atoms with Crippen molar-refractivity contribution in [1.82, 2.24) is 30.7 Å². The highest BCUT2D eigenvalue weighted by Gasteiger charge is 2.33. The van der Waals surface area contributed by atoms with Crippen molar-refractivity contribution in [2.24, 2.45) is 0 Å². The van der Waals surface area contributed by atoms with Gasteiger partial charge in [-0.05, 0) is 6.92 Å². The van der Waals surface area contributed by atoms with Crippen LogP contribution in [0.3, 0.4) is 0 Å². The number of H-pyrrole nitrogens is 1. The van der Waals surface area contributed by atoms with E-state index < -0.39 is 6.04 Å². The maximum atomic E-state index is 12.2. The van der Waals surface area contributed by atoms with Crippen LogP contribution in [0.4, 0.5) is 0 Å². The summed E-state index contributed by atoms with van der Waals surface area (Å²) in [4.78, 5) is 29.4. The molecule has 18 heavy (non-hydrogen) atoms. The van der Waals surface area contributed by atoms with E-state index in [1.807, 2.05) is 6.92 Å². The molecule has 1 aliphatic rings. The number of rotatable bonds is 3. The standard InChI is InChI=1S/C10H16N6O2/c1-2-12-9(17)7-5-11-3-4-16(7)10(18)8-13-6-14-15-8/h6-7,11H,2-5H2,1H3,(H,12,17)(H,13,14,15). The number of carbonyl (C=O) groups excluding carboxylic acids is 2. The number of hydrogen-bond acceptors (Lipinski definition) is 5.